The minimum Gasteiger partial charge on any atom is -0.498 e. The number of aromatic hydroxyl groups is 1. The lowest BCUT2D eigenvalue weighted by molar-refractivity contribution is 0.489. The van der Waals surface area contributed by atoms with Crippen LogP contribution in [0.25, 0.3) is 0 Å². The smallest absolute Gasteiger partial charge is 0.272 e. The highest BCUT2D eigenvalue weighted by Gasteiger charge is 1.93. The molecule has 0 saturated carbocycles. The first-order chi connectivity index (χ1) is 3.29. The molecule has 38 valence electrons. The Kier molecular flexibility index (Phi) is 0.941. The molecule has 1 N–H and O–H groups in total. The summed E-state index contributed by atoms with van der Waals surface area (Å²) in [5.41, 5.74) is 0. The van der Waals surface area contributed by atoms with Crippen LogP contribution in [-0.2, 0) is 0 Å². The highest BCUT2D eigenvalue weighted by molar-refractivity contribution is 7.11. The van der Waals surface area contributed by atoms with Crippen LogP contribution in [0.1, 0.15) is 0 Å². The predicted molar refractivity (Wildman–Crippen MR) is 23.7 cm³/mol. The molecular weight excluding hydrogens is 117 g/mol. The molecule has 0 amide bonds. The zero-order chi connectivity index (χ0) is 5.28. The van der Waals surface area contributed by atoms with E-state index in [1.165, 1.54) is 0 Å². The van der Waals surface area contributed by atoms with E-state index in [0.29, 0.717) is 11.3 Å². The van der Waals surface area contributed by atoms with Gasteiger partial charge in [-0.25, -0.2) is 4.98 Å². The Labute approximate surface area is 43.3 Å². The van der Waals surface area contributed by atoms with Crippen molar-refractivity contribution in [2.75, 3.05) is 0 Å². The van der Waals surface area contributed by atoms with Gasteiger partial charge in [0.2, 0.25) is 0 Å². The Morgan fingerprint density at radius 3 is 2.71 bits per heavy atom. The Bertz CT molecular complexity index is 147. The quantitative estimate of drug-likeness (QED) is 0.552. The standard InChI is InChI=1S/C3H2FNOS/c4-3-5-1-2(6)7-3/h1,6H. The molecule has 0 saturated heterocycles. The number of thiazole rings is 1. The first-order valence-electron chi connectivity index (χ1n) is 1.59. The molecule has 0 aromatic carbocycles. The minimum absolute atomic E-state index is 0.0856. The van der Waals surface area contributed by atoms with Crippen molar-refractivity contribution in [1.82, 2.24) is 4.98 Å². The van der Waals surface area contributed by atoms with Gasteiger partial charge in [0.05, 0.1) is 6.20 Å². The summed E-state index contributed by atoms with van der Waals surface area (Å²) < 4.78 is 11.7. The lowest BCUT2D eigenvalue weighted by atomic mass is 10.9. The third-order valence-electron chi connectivity index (χ3n) is 0.465. The maximum absolute atomic E-state index is 11.7. The van der Waals surface area contributed by atoms with Gasteiger partial charge in [-0.15, -0.1) is 0 Å². The first kappa shape index (κ1) is 4.52. The van der Waals surface area contributed by atoms with Gasteiger partial charge in [-0.1, -0.05) is 0 Å². The summed E-state index contributed by atoms with van der Waals surface area (Å²) in [5, 5.41) is 7.68. The fraction of sp³-hybridized carbons (Fsp3) is 0. The molecule has 0 aliphatic carbocycles. The van der Waals surface area contributed by atoms with E-state index >= 15 is 0 Å². The summed E-state index contributed by atoms with van der Waals surface area (Å²) in [7, 11) is 0. The van der Waals surface area contributed by atoms with Gasteiger partial charge in [0.15, 0.2) is 5.06 Å². The molecule has 0 fully saturated rings. The number of nitrogens with zero attached hydrogens (tertiary/aromatic N) is 1. The van der Waals surface area contributed by atoms with E-state index < -0.39 is 5.26 Å². The van der Waals surface area contributed by atoms with Crippen molar-refractivity contribution in [2.24, 2.45) is 0 Å². The Hall–Kier alpha value is -0.640. The third kappa shape index (κ3) is 0.866. The van der Waals surface area contributed by atoms with Crippen molar-refractivity contribution in [2.45, 2.75) is 0 Å². The average Bonchev–Trinajstić information content (AvgIpc) is 1.87. The maximum atomic E-state index is 11.7. The first-order valence-corrected chi connectivity index (χ1v) is 2.41. The molecule has 0 aliphatic rings. The van der Waals surface area contributed by atoms with Gasteiger partial charge in [0.1, 0.15) is 0 Å². The Morgan fingerprint density at radius 1 is 1.86 bits per heavy atom. The highest BCUT2D eigenvalue weighted by atomic mass is 32.1. The zero-order valence-corrected chi connectivity index (χ0v) is 4.07. The molecule has 2 nitrogen and oxygen atoms in total. The lowest BCUT2D eigenvalue weighted by Gasteiger charge is -1.66. The molecule has 4 heteroatoms. The number of aromatic nitrogens is 1. The van der Waals surface area contributed by atoms with Crippen LogP contribution in [0.5, 0.6) is 5.06 Å². The van der Waals surface area contributed by atoms with Crippen molar-refractivity contribution in [3.05, 3.63) is 11.5 Å². The van der Waals surface area contributed by atoms with Crippen LogP contribution in [-0.4, -0.2) is 10.1 Å². The van der Waals surface area contributed by atoms with E-state index in [1.807, 2.05) is 0 Å². The largest absolute Gasteiger partial charge is 0.498 e. The summed E-state index contributed by atoms with van der Waals surface area (Å²) in [6, 6.07) is 0. The molecule has 0 atom stereocenters. The summed E-state index contributed by atoms with van der Waals surface area (Å²) in [6.07, 6.45) is 1.07. The molecule has 0 bridgehead atoms. The van der Waals surface area contributed by atoms with Gasteiger partial charge in [-0.05, 0) is 11.3 Å². The summed E-state index contributed by atoms with van der Waals surface area (Å²) in [5.74, 6) is 0. The SMILES string of the molecule is Oc1cnc(F)s1. The fourth-order valence-electron chi connectivity index (χ4n) is 0.245. The van der Waals surface area contributed by atoms with E-state index in [4.69, 9.17) is 5.11 Å². The normalized spacial score (nSPS) is 9.29. The lowest BCUT2D eigenvalue weighted by Crippen LogP contribution is -1.58. The van der Waals surface area contributed by atoms with Crippen LogP contribution in [0.4, 0.5) is 4.39 Å². The van der Waals surface area contributed by atoms with Gasteiger partial charge >= 0.3 is 0 Å². The monoisotopic (exact) mass is 119 g/mol. The topological polar surface area (TPSA) is 33.1 Å². The van der Waals surface area contributed by atoms with Crippen molar-refractivity contribution in [1.29, 1.82) is 0 Å². The Morgan fingerprint density at radius 2 is 2.57 bits per heavy atom. The molecule has 1 heterocycles. The number of hydrogen-bond donors (Lipinski definition) is 1. The highest BCUT2D eigenvalue weighted by Crippen LogP contribution is 2.16. The summed E-state index contributed by atoms with van der Waals surface area (Å²) in [4.78, 5) is 3.12. The summed E-state index contributed by atoms with van der Waals surface area (Å²) in [6.45, 7) is 0. The second kappa shape index (κ2) is 1.46. The van der Waals surface area contributed by atoms with Crippen LogP contribution in [0.15, 0.2) is 6.20 Å². The molecule has 7 heavy (non-hydrogen) atoms. The van der Waals surface area contributed by atoms with Gasteiger partial charge in [-0.2, -0.15) is 4.39 Å². The van der Waals surface area contributed by atoms with Crippen LogP contribution < -0.4 is 0 Å². The predicted octanol–water partition coefficient (Wildman–Crippen LogP) is 0.988. The average molecular weight is 119 g/mol. The van der Waals surface area contributed by atoms with Gasteiger partial charge in [0, 0.05) is 0 Å². The van der Waals surface area contributed by atoms with Crippen LogP contribution >= 0.6 is 11.3 Å². The second-order valence-electron chi connectivity index (χ2n) is 0.951. The molecule has 1 aromatic rings. The number of rotatable bonds is 0. The minimum atomic E-state index is -0.600. The second-order valence-corrected chi connectivity index (χ2v) is 1.91. The molecule has 1 rings (SSSR count). The van der Waals surface area contributed by atoms with Gasteiger partial charge < -0.3 is 5.11 Å². The molecular formula is C3H2FNOS. The zero-order valence-electron chi connectivity index (χ0n) is 3.26. The fourth-order valence-corrected chi connectivity index (χ4v) is 0.628. The van der Waals surface area contributed by atoms with E-state index in [9.17, 15) is 4.39 Å². The maximum Gasteiger partial charge on any atom is 0.272 e. The number of halogens is 1. The van der Waals surface area contributed by atoms with Crippen molar-refractivity contribution >= 4 is 11.3 Å². The number of hydrogen-bond acceptors (Lipinski definition) is 3. The Balaban J connectivity index is 3.04. The van der Waals surface area contributed by atoms with Crippen molar-refractivity contribution in [3.63, 3.8) is 0 Å². The molecule has 0 radical (unpaired) electrons. The molecule has 0 unspecified atom stereocenters. The van der Waals surface area contributed by atoms with Crippen molar-refractivity contribution in [3.8, 4) is 5.06 Å². The third-order valence-corrected chi connectivity index (χ3v) is 1.05. The van der Waals surface area contributed by atoms with E-state index in [2.05, 4.69) is 4.98 Å². The van der Waals surface area contributed by atoms with Crippen LogP contribution in [0.3, 0.4) is 0 Å². The molecule has 0 aliphatic heterocycles. The van der Waals surface area contributed by atoms with Crippen molar-refractivity contribution < 1.29 is 9.50 Å². The van der Waals surface area contributed by atoms with Gasteiger partial charge in [0.25, 0.3) is 5.26 Å². The van der Waals surface area contributed by atoms with E-state index in [1.54, 1.807) is 0 Å². The van der Waals surface area contributed by atoms with E-state index in [-0.39, 0.29) is 5.06 Å². The summed E-state index contributed by atoms with van der Waals surface area (Å²) >= 11 is 0.620. The molecule has 1 aromatic heterocycles. The van der Waals surface area contributed by atoms with E-state index in [0.717, 1.165) is 6.20 Å². The molecule has 0 spiro atoms. The van der Waals surface area contributed by atoms with Crippen LogP contribution in [0.2, 0.25) is 0 Å². The van der Waals surface area contributed by atoms with Crippen LogP contribution in [0, 0.1) is 5.26 Å². The van der Waals surface area contributed by atoms with Gasteiger partial charge in [-0.3, -0.25) is 0 Å².